The van der Waals surface area contributed by atoms with Gasteiger partial charge in [0.1, 0.15) is 12.4 Å². The number of hydrazine groups is 1. The van der Waals surface area contributed by atoms with Crippen LogP contribution in [0.3, 0.4) is 0 Å². The molecule has 0 saturated carbocycles. The molecule has 0 amide bonds. The van der Waals surface area contributed by atoms with Gasteiger partial charge in [0.05, 0.1) is 12.1 Å². The molecule has 3 aromatic carbocycles. The quantitative estimate of drug-likeness (QED) is 0.562. The van der Waals surface area contributed by atoms with Gasteiger partial charge in [0.25, 0.3) is 0 Å². The molecule has 5 heteroatoms. The smallest absolute Gasteiger partial charge is 0.124 e. The van der Waals surface area contributed by atoms with Gasteiger partial charge in [0.15, 0.2) is 0 Å². The number of piperazine rings is 1. The average molecular weight is 469 g/mol. The van der Waals surface area contributed by atoms with Crippen molar-refractivity contribution in [2.75, 3.05) is 33.2 Å². The highest BCUT2D eigenvalue weighted by Gasteiger charge is 2.45. The first-order valence-corrected chi connectivity index (χ1v) is 13.0. The summed E-state index contributed by atoms with van der Waals surface area (Å²) in [6, 6.07) is 24.7. The number of rotatable bonds is 6. The Kier molecular flexibility index (Phi) is 6.33. The summed E-state index contributed by atoms with van der Waals surface area (Å²) < 4.78 is 6.36. The number of hydrogen-bond donors (Lipinski definition) is 2. The van der Waals surface area contributed by atoms with Crippen LogP contribution in [0.1, 0.15) is 45.5 Å². The molecule has 2 aliphatic heterocycles. The Labute approximate surface area is 209 Å². The van der Waals surface area contributed by atoms with Gasteiger partial charge in [0, 0.05) is 44.2 Å². The van der Waals surface area contributed by atoms with Crippen molar-refractivity contribution in [3.63, 3.8) is 0 Å². The minimum atomic E-state index is 0.269. The number of fused-ring (bicyclic) bond motifs is 3. The number of nitrogens with zero attached hydrogens (tertiary/aromatic N) is 2. The van der Waals surface area contributed by atoms with Gasteiger partial charge in [-0.1, -0.05) is 60.7 Å². The van der Waals surface area contributed by atoms with Crippen molar-refractivity contribution < 1.29 is 4.74 Å². The van der Waals surface area contributed by atoms with E-state index in [2.05, 4.69) is 95.3 Å². The highest BCUT2D eigenvalue weighted by atomic mass is 16.5. The van der Waals surface area contributed by atoms with Crippen LogP contribution in [-0.4, -0.2) is 43.0 Å². The maximum Gasteiger partial charge on any atom is 0.124 e. The normalized spacial score (nSPS) is 24.3. The lowest BCUT2D eigenvalue weighted by molar-refractivity contribution is 0.148. The fourth-order valence-corrected chi connectivity index (χ4v) is 5.99. The number of aryl methyl sites for hydroxylation is 1. The van der Waals surface area contributed by atoms with E-state index in [1.807, 2.05) is 6.07 Å². The van der Waals surface area contributed by atoms with Gasteiger partial charge in [-0.15, -0.1) is 0 Å². The van der Waals surface area contributed by atoms with Crippen molar-refractivity contribution in [2.24, 2.45) is 5.92 Å². The van der Waals surface area contributed by atoms with Crippen LogP contribution in [0.5, 0.6) is 5.75 Å². The van der Waals surface area contributed by atoms with Crippen LogP contribution in [0.4, 0.5) is 0 Å². The lowest BCUT2D eigenvalue weighted by Gasteiger charge is -2.32. The molecule has 3 unspecified atom stereocenters. The van der Waals surface area contributed by atoms with E-state index >= 15 is 0 Å². The first-order chi connectivity index (χ1) is 17.2. The van der Waals surface area contributed by atoms with E-state index in [0.29, 0.717) is 18.6 Å². The molecule has 0 radical (unpaired) electrons. The van der Waals surface area contributed by atoms with E-state index < -0.39 is 0 Å². The first-order valence-electron chi connectivity index (χ1n) is 13.0. The second-order valence-corrected chi connectivity index (χ2v) is 10.5. The third-order valence-corrected chi connectivity index (χ3v) is 8.13. The Bertz CT molecular complexity index is 1150. The summed E-state index contributed by atoms with van der Waals surface area (Å²) in [6.45, 7) is 8.51. The number of likely N-dealkylation sites (N-methyl/N-ethyl adjacent to an activating group) is 1. The van der Waals surface area contributed by atoms with Crippen LogP contribution in [0.15, 0.2) is 66.7 Å². The van der Waals surface area contributed by atoms with Crippen LogP contribution in [0.25, 0.3) is 0 Å². The van der Waals surface area contributed by atoms with Crippen LogP contribution in [0.2, 0.25) is 0 Å². The maximum absolute atomic E-state index is 6.36. The summed E-state index contributed by atoms with van der Waals surface area (Å²) in [5.74, 6) is 1.49. The van der Waals surface area contributed by atoms with Gasteiger partial charge in [-0.05, 0) is 54.3 Å². The Morgan fingerprint density at radius 2 is 1.57 bits per heavy atom. The summed E-state index contributed by atoms with van der Waals surface area (Å²) in [4.78, 5) is 4.97. The van der Waals surface area contributed by atoms with Crippen molar-refractivity contribution >= 4 is 0 Å². The molecule has 35 heavy (non-hydrogen) atoms. The van der Waals surface area contributed by atoms with Crippen LogP contribution >= 0.6 is 0 Å². The molecule has 6 rings (SSSR count). The molecular formula is C30H36N4O. The zero-order chi connectivity index (χ0) is 23.8. The van der Waals surface area contributed by atoms with E-state index in [4.69, 9.17) is 4.74 Å². The average Bonchev–Trinajstić information content (AvgIpc) is 3.47. The second kappa shape index (κ2) is 9.75. The van der Waals surface area contributed by atoms with E-state index in [9.17, 15) is 0 Å². The summed E-state index contributed by atoms with van der Waals surface area (Å²) >= 11 is 0. The number of hydrogen-bond acceptors (Lipinski definition) is 5. The molecule has 1 aliphatic carbocycles. The molecule has 3 aromatic rings. The van der Waals surface area contributed by atoms with Gasteiger partial charge in [-0.2, -0.15) is 0 Å². The molecule has 0 aromatic heterocycles. The summed E-state index contributed by atoms with van der Waals surface area (Å²) in [5.41, 5.74) is 15.4. The Balaban J connectivity index is 1.16. The molecule has 2 saturated heterocycles. The molecule has 2 heterocycles. The Morgan fingerprint density at radius 3 is 2.34 bits per heavy atom. The SMILES string of the molecule is Cc1ccc(OCc2ccccc2)c2c1CC1C(c3ccc(CN4CCN(C)CC4)cc3)NNC21. The Hall–Kier alpha value is -2.70. The van der Waals surface area contributed by atoms with Gasteiger partial charge < -0.3 is 9.64 Å². The summed E-state index contributed by atoms with van der Waals surface area (Å²) in [5, 5.41) is 0. The van der Waals surface area contributed by atoms with Crippen molar-refractivity contribution in [3.8, 4) is 5.75 Å². The lowest BCUT2D eigenvalue weighted by atomic mass is 9.89. The number of benzene rings is 3. The van der Waals surface area contributed by atoms with E-state index in [0.717, 1.165) is 44.9 Å². The molecule has 182 valence electrons. The minimum absolute atomic E-state index is 0.269. The maximum atomic E-state index is 6.36. The Morgan fingerprint density at radius 1 is 0.829 bits per heavy atom. The molecule has 0 spiro atoms. The lowest BCUT2D eigenvalue weighted by Crippen LogP contribution is -2.43. The predicted molar refractivity (Wildman–Crippen MR) is 140 cm³/mol. The molecule has 3 atom stereocenters. The van der Waals surface area contributed by atoms with Crippen molar-refractivity contribution in [1.29, 1.82) is 0 Å². The molecule has 3 aliphatic rings. The van der Waals surface area contributed by atoms with Crippen LogP contribution in [-0.2, 0) is 19.6 Å². The summed E-state index contributed by atoms with van der Waals surface area (Å²) in [6.07, 6.45) is 1.07. The molecule has 2 fully saturated rings. The van der Waals surface area contributed by atoms with Crippen LogP contribution in [0, 0.1) is 12.8 Å². The standard InChI is InChI=1S/C30H36N4O/c1-21-8-13-27(35-20-23-6-4-3-5-7-23)28-25(21)18-26-29(31-32-30(26)28)24-11-9-22(10-12-24)19-34-16-14-33(2)15-17-34/h3-13,26,29-32H,14-20H2,1-2H3. The second-order valence-electron chi connectivity index (χ2n) is 10.5. The fourth-order valence-electron chi connectivity index (χ4n) is 5.99. The van der Waals surface area contributed by atoms with E-state index in [1.54, 1.807) is 0 Å². The van der Waals surface area contributed by atoms with Gasteiger partial charge in [0.2, 0.25) is 0 Å². The highest BCUT2D eigenvalue weighted by Crippen LogP contribution is 2.50. The largest absolute Gasteiger partial charge is 0.489 e. The molecular weight excluding hydrogens is 432 g/mol. The predicted octanol–water partition coefficient (Wildman–Crippen LogP) is 4.38. The molecule has 2 N–H and O–H groups in total. The van der Waals surface area contributed by atoms with Gasteiger partial charge >= 0.3 is 0 Å². The minimum Gasteiger partial charge on any atom is -0.489 e. The van der Waals surface area contributed by atoms with E-state index in [-0.39, 0.29) is 6.04 Å². The number of nitrogens with one attached hydrogen (secondary N) is 2. The fraction of sp³-hybridized carbons (Fsp3) is 0.400. The molecule has 0 bridgehead atoms. The van der Waals surface area contributed by atoms with Gasteiger partial charge in [-0.3, -0.25) is 4.90 Å². The van der Waals surface area contributed by atoms with Crippen molar-refractivity contribution in [1.82, 2.24) is 20.7 Å². The van der Waals surface area contributed by atoms with Crippen LogP contribution < -0.4 is 15.6 Å². The third-order valence-electron chi connectivity index (χ3n) is 8.13. The van der Waals surface area contributed by atoms with Gasteiger partial charge in [-0.25, -0.2) is 10.9 Å². The first kappa shape index (κ1) is 22.7. The zero-order valence-electron chi connectivity index (χ0n) is 20.8. The zero-order valence-corrected chi connectivity index (χ0v) is 20.8. The monoisotopic (exact) mass is 468 g/mol. The highest BCUT2D eigenvalue weighted by molar-refractivity contribution is 5.52. The van der Waals surface area contributed by atoms with Crippen molar-refractivity contribution in [2.45, 2.75) is 38.6 Å². The summed E-state index contributed by atoms with van der Waals surface area (Å²) in [7, 11) is 2.21. The number of ether oxygens (including phenoxy) is 1. The topological polar surface area (TPSA) is 39.8 Å². The molecule has 5 nitrogen and oxygen atoms in total. The third kappa shape index (κ3) is 4.62. The van der Waals surface area contributed by atoms with E-state index in [1.165, 1.54) is 33.4 Å². The van der Waals surface area contributed by atoms with Crippen molar-refractivity contribution in [3.05, 3.63) is 100 Å².